The highest BCUT2D eigenvalue weighted by Crippen LogP contribution is 2.23. The zero-order valence-corrected chi connectivity index (χ0v) is 14.9. The van der Waals surface area contributed by atoms with Crippen molar-refractivity contribution in [1.29, 1.82) is 0 Å². The van der Waals surface area contributed by atoms with Gasteiger partial charge in [-0.25, -0.2) is 0 Å². The predicted molar refractivity (Wildman–Crippen MR) is 101 cm³/mol. The van der Waals surface area contributed by atoms with Gasteiger partial charge in [0.15, 0.2) is 11.4 Å². The van der Waals surface area contributed by atoms with Gasteiger partial charge in [0.05, 0.1) is 29.6 Å². The molecule has 7 heteroatoms. The van der Waals surface area contributed by atoms with Gasteiger partial charge in [-0.2, -0.15) is 9.78 Å². The van der Waals surface area contributed by atoms with E-state index >= 15 is 0 Å². The molecule has 26 heavy (non-hydrogen) atoms. The highest BCUT2D eigenvalue weighted by Gasteiger charge is 2.19. The molecule has 0 saturated carbocycles. The molecular weight excluding hydrogens is 354 g/mol. The van der Waals surface area contributed by atoms with Crippen molar-refractivity contribution in [2.75, 3.05) is 12.4 Å². The van der Waals surface area contributed by atoms with Gasteiger partial charge in [-0.15, -0.1) is 0 Å². The zero-order valence-electron chi connectivity index (χ0n) is 14.2. The van der Waals surface area contributed by atoms with Crippen LogP contribution in [-0.4, -0.2) is 22.8 Å². The molecule has 0 radical (unpaired) electrons. The molecule has 0 spiro atoms. The standard InChI is InChI=1S/C19H16ClN3O3/c1-12-7-3-6-10-15(12)23-17(24)11-16(26-2)18(22-23)19(25)21-14-9-5-4-8-13(14)20/h3-11H,1-2H3,(H,21,25). The first-order chi connectivity index (χ1) is 12.5. The van der Waals surface area contributed by atoms with E-state index in [1.54, 1.807) is 36.4 Å². The lowest BCUT2D eigenvalue weighted by Crippen LogP contribution is -2.26. The number of amides is 1. The third-order valence-corrected chi connectivity index (χ3v) is 4.13. The molecule has 0 bridgehead atoms. The first-order valence-electron chi connectivity index (χ1n) is 7.81. The van der Waals surface area contributed by atoms with Crippen LogP contribution >= 0.6 is 11.6 Å². The third kappa shape index (κ3) is 3.45. The van der Waals surface area contributed by atoms with Gasteiger partial charge in [0.25, 0.3) is 11.5 Å². The minimum absolute atomic E-state index is 0.0183. The molecule has 2 aromatic carbocycles. The first kappa shape index (κ1) is 17.7. The number of halogens is 1. The Kier molecular flexibility index (Phi) is 5.04. The molecule has 0 aliphatic carbocycles. The van der Waals surface area contributed by atoms with Crippen LogP contribution in [0.15, 0.2) is 59.4 Å². The van der Waals surface area contributed by atoms with Gasteiger partial charge >= 0.3 is 0 Å². The number of carbonyl (C=O) groups is 1. The Morgan fingerprint density at radius 2 is 1.85 bits per heavy atom. The number of nitrogens with one attached hydrogen (secondary N) is 1. The summed E-state index contributed by atoms with van der Waals surface area (Å²) in [5.41, 5.74) is 1.47. The second-order valence-corrected chi connectivity index (χ2v) is 5.94. The number of rotatable bonds is 4. The van der Waals surface area contributed by atoms with Gasteiger partial charge in [-0.05, 0) is 30.7 Å². The maximum Gasteiger partial charge on any atom is 0.280 e. The maximum atomic E-state index is 12.7. The van der Waals surface area contributed by atoms with Gasteiger partial charge in [-0.3, -0.25) is 9.59 Å². The van der Waals surface area contributed by atoms with Crippen LogP contribution in [0.2, 0.25) is 5.02 Å². The molecule has 1 amide bonds. The fourth-order valence-electron chi connectivity index (χ4n) is 2.47. The van der Waals surface area contributed by atoms with E-state index in [4.69, 9.17) is 16.3 Å². The van der Waals surface area contributed by atoms with Crippen molar-refractivity contribution in [3.05, 3.63) is 81.2 Å². The summed E-state index contributed by atoms with van der Waals surface area (Å²) in [6.45, 7) is 1.86. The Morgan fingerprint density at radius 3 is 2.54 bits per heavy atom. The molecule has 0 atom stereocenters. The van der Waals surface area contributed by atoms with Gasteiger partial charge < -0.3 is 10.1 Å². The number of carbonyl (C=O) groups excluding carboxylic acids is 1. The summed E-state index contributed by atoms with van der Waals surface area (Å²) < 4.78 is 6.35. The number of hydrogen-bond donors (Lipinski definition) is 1. The summed E-state index contributed by atoms with van der Waals surface area (Å²) in [5, 5.41) is 7.30. The molecule has 0 fully saturated rings. The number of aromatic nitrogens is 2. The minimum atomic E-state index is -0.530. The number of benzene rings is 2. The molecule has 0 unspecified atom stereocenters. The predicted octanol–water partition coefficient (Wildman–Crippen LogP) is 3.46. The van der Waals surface area contributed by atoms with E-state index in [0.717, 1.165) is 5.56 Å². The van der Waals surface area contributed by atoms with Gasteiger partial charge in [0.2, 0.25) is 0 Å². The Labute approximate surface area is 155 Å². The lowest BCUT2D eigenvalue weighted by atomic mass is 10.2. The van der Waals surface area contributed by atoms with Crippen LogP contribution in [0.5, 0.6) is 5.75 Å². The van der Waals surface area contributed by atoms with Crippen LogP contribution in [0.25, 0.3) is 5.69 Å². The molecular formula is C19H16ClN3O3. The lowest BCUT2D eigenvalue weighted by molar-refractivity contribution is 0.101. The van der Waals surface area contributed by atoms with Gasteiger partial charge in [0, 0.05) is 0 Å². The molecule has 3 aromatic rings. The monoisotopic (exact) mass is 369 g/mol. The number of aryl methyl sites for hydroxylation is 1. The molecule has 132 valence electrons. The highest BCUT2D eigenvalue weighted by molar-refractivity contribution is 6.33. The summed E-state index contributed by atoms with van der Waals surface area (Å²) in [6, 6.07) is 15.3. The molecule has 0 saturated heterocycles. The Morgan fingerprint density at radius 1 is 1.15 bits per heavy atom. The number of anilines is 1. The Balaban J connectivity index is 2.07. The molecule has 0 aliphatic rings. The zero-order chi connectivity index (χ0) is 18.7. The van der Waals surface area contributed by atoms with E-state index in [0.29, 0.717) is 16.4 Å². The molecule has 1 N–H and O–H groups in total. The number of para-hydroxylation sites is 2. The second-order valence-electron chi connectivity index (χ2n) is 5.53. The van der Waals surface area contributed by atoms with E-state index in [-0.39, 0.29) is 11.4 Å². The summed E-state index contributed by atoms with van der Waals surface area (Å²) in [4.78, 5) is 25.1. The van der Waals surface area contributed by atoms with Crippen LogP contribution in [0, 0.1) is 6.92 Å². The third-order valence-electron chi connectivity index (χ3n) is 3.80. The van der Waals surface area contributed by atoms with Crippen molar-refractivity contribution in [1.82, 2.24) is 9.78 Å². The van der Waals surface area contributed by atoms with E-state index in [2.05, 4.69) is 10.4 Å². The average Bonchev–Trinajstić information content (AvgIpc) is 2.64. The Hall–Kier alpha value is -3.12. The number of methoxy groups -OCH3 is 1. The molecule has 3 rings (SSSR count). The molecule has 0 aliphatic heterocycles. The van der Waals surface area contributed by atoms with E-state index in [1.165, 1.54) is 17.9 Å². The lowest BCUT2D eigenvalue weighted by Gasteiger charge is -2.13. The van der Waals surface area contributed by atoms with Crippen LogP contribution < -0.4 is 15.6 Å². The van der Waals surface area contributed by atoms with Crippen LogP contribution in [0.1, 0.15) is 16.1 Å². The highest BCUT2D eigenvalue weighted by atomic mass is 35.5. The molecule has 6 nitrogen and oxygen atoms in total. The summed E-state index contributed by atoms with van der Waals surface area (Å²) in [5.74, 6) is -0.443. The maximum absolute atomic E-state index is 12.7. The largest absolute Gasteiger partial charge is 0.494 e. The van der Waals surface area contributed by atoms with Crippen LogP contribution in [-0.2, 0) is 0 Å². The van der Waals surface area contributed by atoms with Gasteiger partial charge in [0.1, 0.15) is 0 Å². The van der Waals surface area contributed by atoms with E-state index in [1.807, 2.05) is 19.1 Å². The summed E-state index contributed by atoms with van der Waals surface area (Å²) in [7, 11) is 1.38. The van der Waals surface area contributed by atoms with E-state index < -0.39 is 11.5 Å². The van der Waals surface area contributed by atoms with Crippen molar-refractivity contribution < 1.29 is 9.53 Å². The average molecular weight is 370 g/mol. The minimum Gasteiger partial charge on any atom is -0.494 e. The first-order valence-corrected chi connectivity index (χ1v) is 8.19. The van der Waals surface area contributed by atoms with Crippen molar-refractivity contribution in [3.63, 3.8) is 0 Å². The normalized spacial score (nSPS) is 10.4. The van der Waals surface area contributed by atoms with Crippen LogP contribution in [0.4, 0.5) is 5.69 Å². The number of hydrogen-bond acceptors (Lipinski definition) is 4. The summed E-state index contributed by atoms with van der Waals surface area (Å²) >= 11 is 6.08. The summed E-state index contributed by atoms with van der Waals surface area (Å²) in [6.07, 6.45) is 0. The fourth-order valence-corrected chi connectivity index (χ4v) is 2.65. The van der Waals surface area contributed by atoms with Crippen molar-refractivity contribution in [2.24, 2.45) is 0 Å². The van der Waals surface area contributed by atoms with E-state index in [9.17, 15) is 9.59 Å². The quantitative estimate of drug-likeness (QED) is 0.764. The fraction of sp³-hybridized carbons (Fsp3) is 0.105. The smallest absolute Gasteiger partial charge is 0.280 e. The second kappa shape index (κ2) is 7.41. The van der Waals surface area contributed by atoms with Crippen molar-refractivity contribution in [3.8, 4) is 11.4 Å². The van der Waals surface area contributed by atoms with Crippen LogP contribution in [0.3, 0.4) is 0 Å². The van der Waals surface area contributed by atoms with Crippen molar-refractivity contribution >= 4 is 23.2 Å². The van der Waals surface area contributed by atoms with Crippen molar-refractivity contribution in [2.45, 2.75) is 6.92 Å². The number of nitrogens with zero attached hydrogens (tertiary/aromatic N) is 2. The Bertz CT molecular complexity index is 1030. The number of ether oxygens (including phenoxy) is 1. The van der Waals surface area contributed by atoms with Gasteiger partial charge in [-0.1, -0.05) is 41.9 Å². The topological polar surface area (TPSA) is 73.2 Å². The molecule has 1 heterocycles. The SMILES string of the molecule is COc1cc(=O)n(-c2ccccc2C)nc1C(=O)Nc1ccccc1Cl. The molecule has 1 aromatic heterocycles.